The van der Waals surface area contributed by atoms with Crippen molar-refractivity contribution >= 4 is 5.97 Å². The number of esters is 1. The lowest BCUT2D eigenvalue weighted by Crippen LogP contribution is -2.20. The third-order valence-corrected chi connectivity index (χ3v) is 1.92. The molecule has 69 valence electrons. The van der Waals surface area contributed by atoms with Gasteiger partial charge >= 0.3 is 5.97 Å². The van der Waals surface area contributed by atoms with Gasteiger partial charge in [0.1, 0.15) is 0 Å². The number of ether oxygens (including phenoxy) is 2. The fourth-order valence-electron chi connectivity index (χ4n) is 1.27. The molecular weight excluding hydrogens is 156 g/mol. The van der Waals surface area contributed by atoms with Gasteiger partial charge in [0.2, 0.25) is 0 Å². The summed E-state index contributed by atoms with van der Waals surface area (Å²) in [6, 6.07) is 0. The summed E-state index contributed by atoms with van der Waals surface area (Å²) in [5.74, 6) is 0.169. The summed E-state index contributed by atoms with van der Waals surface area (Å²) < 4.78 is 9.98. The zero-order chi connectivity index (χ0) is 8.81. The number of hydrogen-bond acceptors (Lipinski definition) is 3. The molecule has 0 amide bonds. The molecular formula is C9H15O3. The first-order valence-electron chi connectivity index (χ1n) is 4.42. The van der Waals surface area contributed by atoms with Crippen LogP contribution in [0.5, 0.6) is 0 Å². The Bertz CT molecular complexity index is 139. The van der Waals surface area contributed by atoms with Gasteiger partial charge in [-0.15, -0.1) is 0 Å². The third-order valence-electron chi connectivity index (χ3n) is 1.92. The Hall–Kier alpha value is -0.570. The molecule has 0 aromatic carbocycles. The summed E-state index contributed by atoms with van der Waals surface area (Å²) >= 11 is 0. The van der Waals surface area contributed by atoms with E-state index in [0.717, 1.165) is 26.1 Å². The molecule has 1 aliphatic heterocycles. The fourth-order valence-corrected chi connectivity index (χ4v) is 1.27. The largest absolute Gasteiger partial charge is 0.466 e. The standard InChI is InChI=1S/C9H15O3/c1-2-12-9(10)7-8-3-5-11-6-4-8/h7-8H,2-6H2,1H3. The van der Waals surface area contributed by atoms with Crippen molar-refractivity contribution < 1.29 is 14.3 Å². The lowest BCUT2D eigenvalue weighted by molar-refractivity contribution is -0.140. The van der Waals surface area contributed by atoms with Crippen LogP contribution in [0.2, 0.25) is 0 Å². The fraction of sp³-hybridized carbons (Fsp3) is 0.778. The van der Waals surface area contributed by atoms with Crippen molar-refractivity contribution in [3.63, 3.8) is 0 Å². The number of carbonyl (C=O) groups excluding carboxylic acids is 1. The second-order valence-corrected chi connectivity index (χ2v) is 2.87. The second kappa shape index (κ2) is 5.14. The second-order valence-electron chi connectivity index (χ2n) is 2.87. The summed E-state index contributed by atoms with van der Waals surface area (Å²) in [5.41, 5.74) is 0. The van der Waals surface area contributed by atoms with Gasteiger partial charge in [-0.25, -0.2) is 0 Å². The molecule has 1 radical (unpaired) electrons. The van der Waals surface area contributed by atoms with E-state index in [2.05, 4.69) is 0 Å². The number of hydrogen-bond donors (Lipinski definition) is 0. The number of rotatable bonds is 3. The molecule has 1 rings (SSSR count). The Morgan fingerprint density at radius 3 is 2.83 bits per heavy atom. The predicted molar refractivity (Wildman–Crippen MR) is 44.5 cm³/mol. The van der Waals surface area contributed by atoms with E-state index < -0.39 is 0 Å². The van der Waals surface area contributed by atoms with Crippen LogP contribution in [0.3, 0.4) is 0 Å². The van der Waals surface area contributed by atoms with Crippen LogP contribution in [0.4, 0.5) is 0 Å². The average Bonchev–Trinajstić information content (AvgIpc) is 2.06. The minimum Gasteiger partial charge on any atom is -0.466 e. The first-order chi connectivity index (χ1) is 5.83. The van der Waals surface area contributed by atoms with Crippen molar-refractivity contribution in [2.24, 2.45) is 5.92 Å². The van der Waals surface area contributed by atoms with Gasteiger partial charge in [-0.3, -0.25) is 4.79 Å². The van der Waals surface area contributed by atoms with Gasteiger partial charge in [0.15, 0.2) is 0 Å². The van der Waals surface area contributed by atoms with Crippen LogP contribution in [0.15, 0.2) is 0 Å². The van der Waals surface area contributed by atoms with Crippen molar-refractivity contribution in [1.29, 1.82) is 0 Å². The lowest BCUT2D eigenvalue weighted by atomic mass is 9.97. The maximum Gasteiger partial charge on any atom is 0.310 e. The quantitative estimate of drug-likeness (QED) is 0.598. The average molecular weight is 171 g/mol. The summed E-state index contributed by atoms with van der Waals surface area (Å²) in [6.45, 7) is 3.80. The first-order valence-corrected chi connectivity index (χ1v) is 4.42. The Morgan fingerprint density at radius 1 is 1.58 bits per heavy atom. The summed E-state index contributed by atoms with van der Waals surface area (Å²) in [4.78, 5) is 11.0. The highest BCUT2D eigenvalue weighted by atomic mass is 16.5. The summed E-state index contributed by atoms with van der Waals surface area (Å²) in [7, 11) is 0. The van der Waals surface area contributed by atoms with E-state index in [1.807, 2.05) is 6.92 Å². The van der Waals surface area contributed by atoms with Crippen LogP contribution in [0, 0.1) is 12.3 Å². The van der Waals surface area contributed by atoms with Gasteiger partial charge in [-0.2, -0.15) is 0 Å². The van der Waals surface area contributed by atoms with E-state index in [1.165, 1.54) is 0 Å². The summed E-state index contributed by atoms with van der Waals surface area (Å²) in [6.07, 6.45) is 3.56. The molecule has 3 heteroatoms. The van der Waals surface area contributed by atoms with Crippen LogP contribution in [0.25, 0.3) is 0 Å². The molecule has 0 spiro atoms. The Kier molecular flexibility index (Phi) is 4.08. The van der Waals surface area contributed by atoms with Gasteiger partial charge in [-0.05, 0) is 25.7 Å². The molecule has 0 atom stereocenters. The molecule has 3 nitrogen and oxygen atoms in total. The van der Waals surface area contributed by atoms with E-state index in [-0.39, 0.29) is 5.97 Å². The zero-order valence-corrected chi connectivity index (χ0v) is 7.41. The van der Waals surface area contributed by atoms with Crippen LogP contribution in [-0.4, -0.2) is 25.8 Å². The SMILES string of the molecule is CCOC(=O)[CH]C1CCOCC1. The van der Waals surface area contributed by atoms with Crippen LogP contribution < -0.4 is 0 Å². The van der Waals surface area contributed by atoms with Gasteiger partial charge < -0.3 is 9.47 Å². The number of carbonyl (C=O) groups is 1. The van der Waals surface area contributed by atoms with E-state index >= 15 is 0 Å². The topological polar surface area (TPSA) is 35.5 Å². The van der Waals surface area contributed by atoms with Crippen molar-refractivity contribution in [2.75, 3.05) is 19.8 Å². The van der Waals surface area contributed by atoms with Gasteiger partial charge in [-0.1, -0.05) is 0 Å². The van der Waals surface area contributed by atoms with E-state index in [1.54, 1.807) is 6.42 Å². The highest BCUT2D eigenvalue weighted by Gasteiger charge is 2.18. The molecule has 0 saturated carbocycles. The monoisotopic (exact) mass is 171 g/mol. The molecule has 1 saturated heterocycles. The van der Waals surface area contributed by atoms with Crippen LogP contribution >= 0.6 is 0 Å². The molecule has 0 N–H and O–H groups in total. The molecule has 1 fully saturated rings. The highest BCUT2D eigenvalue weighted by molar-refractivity contribution is 5.79. The molecule has 0 unspecified atom stereocenters. The van der Waals surface area contributed by atoms with E-state index in [0.29, 0.717) is 12.5 Å². The van der Waals surface area contributed by atoms with E-state index in [4.69, 9.17) is 9.47 Å². The van der Waals surface area contributed by atoms with Crippen molar-refractivity contribution in [3.8, 4) is 0 Å². The van der Waals surface area contributed by atoms with Crippen LogP contribution in [-0.2, 0) is 14.3 Å². The van der Waals surface area contributed by atoms with Crippen LogP contribution in [0.1, 0.15) is 19.8 Å². The van der Waals surface area contributed by atoms with Crippen molar-refractivity contribution in [3.05, 3.63) is 6.42 Å². The molecule has 1 heterocycles. The first kappa shape index (κ1) is 9.52. The van der Waals surface area contributed by atoms with Gasteiger partial charge in [0.25, 0.3) is 0 Å². The molecule has 0 aromatic rings. The molecule has 1 aliphatic rings. The minimum absolute atomic E-state index is 0.190. The van der Waals surface area contributed by atoms with Crippen molar-refractivity contribution in [1.82, 2.24) is 0 Å². The van der Waals surface area contributed by atoms with Gasteiger partial charge in [0, 0.05) is 13.2 Å². The maximum absolute atomic E-state index is 11.0. The Labute approximate surface area is 73.0 Å². The Morgan fingerprint density at radius 2 is 2.25 bits per heavy atom. The highest BCUT2D eigenvalue weighted by Crippen LogP contribution is 2.17. The molecule has 0 aromatic heterocycles. The van der Waals surface area contributed by atoms with Gasteiger partial charge in [0.05, 0.1) is 13.0 Å². The van der Waals surface area contributed by atoms with Crippen molar-refractivity contribution in [2.45, 2.75) is 19.8 Å². The lowest BCUT2D eigenvalue weighted by Gasteiger charge is -2.20. The molecule has 12 heavy (non-hydrogen) atoms. The molecule has 0 bridgehead atoms. The van der Waals surface area contributed by atoms with E-state index in [9.17, 15) is 4.79 Å². The normalized spacial score (nSPS) is 19.1. The zero-order valence-electron chi connectivity index (χ0n) is 7.41. The maximum atomic E-state index is 11.0. The summed E-state index contributed by atoms with van der Waals surface area (Å²) in [5, 5.41) is 0. The predicted octanol–water partition coefficient (Wildman–Crippen LogP) is 1.18. The molecule has 0 aliphatic carbocycles. The Balaban J connectivity index is 2.15. The minimum atomic E-state index is -0.190. The smallest absolute Gasteiger partial charge is 0.310 e. The third kappa shape index (κ3) is 3.22.